The van der Waals surface area contributed by atoms with E-state index in [2.05, 4.69) is 41.4 Å². The fourth-order valence-electron chi connectivity index (χ4n) is 3.26. The fourth-order valence-corrected chi connectivity index (χ4v) is 3.26. The third-order valence-corrected chi connectivity index (χ3v) is 4.27. The second kappa shape index (κ2) is 3.84. The lowest BCUT2D eigenvalue weighted by molar-refractivity contribution is -0.148. The van der Waals surface area contributed by atoms with E-state index in [1.54, 1.807) is 0 Å². The van der Waals surface area contributed by atoms with Gasteiger partial charge in [0, 0.05) is 19.6 Å². The molecule has 2 aliphatic rings. The van der Waals surface area contributed by atoms with Crippen molar-refractivity contribution in [3.8, 4) is 0 Å². The third-order valence-electron chi connectivity index (χ3n) is 4.27. The quantitative estimate of drug-likeness (QED) is 0.833. The summed E-state index contributed by atoms with van der Waals surface area (Å²) in [5.41, 5.74) is 1.08. The standard InChI is InChI=1S/C14H18N2O/c1-11-9-16(10-12-5-3-2-4-6-12)14(11)7-8-15-13(14)17/h2-6,11H,7-10H2,1H3,(H,15,17)/t11-,14+/m0/s1. The highest BCUT2D eigenvalue weighted by Crippen LogP contribution is 2.42. The Labute approximate surface area is 102 Å². The summed E-state index contributed by atoms with van der Waals surface area (Å²) >= 11 is 0. The van der Waals surface area contributed by atoms with E-state index in [-0.39, 0.29) is 11.4 Å². The molecule has 3 rings (SSSR count). The van der Waals surface area contributed by atoms with Crippen LogP contribution in [0.1, 0.15) is 18.9 Å². The maximum absolute atomic E-state index is 12.0. The van der Waals surface area contributed by atoms with E-state index >= 15 is 0 Å². The molecule has 2 aliphatic heterocycles. The SMILES string of the molecule is C[C@H]1CN(Cc2ccccc2)[C@]12CCNC2=O. The number of benzene rings is 1. The molecule has 2 saturated heterocycles. The maximum Gasteiger partial charge on any atom is 0.240 e. The van der Waals surface area contributed by atoms with Crippen LogP contribution >= 0.6 is 0 Å². The molecule has 2 fully saturated rings. The Morgan fingerprint density at radius 2 is 2.18 bits per heavy atom. The van der Waals surface area contributed by atoms with Gasteiger partial charge in [-0.15, -0.1) is 0 Å². The molecule has 1 spiro atoms. The molecule has 90 valence electrons. The molecule has 1 aromatic carbocycles. The van der Waals surface area contributed by atoms with Gasteiger partial charge in [-0.25, -0.2) is 0 Å². The zero-order valence-corrected chi connectivity index (χ0v) is 10.1. The molecule has 17 heavy (non-hydrogen) atoms. The predicted octanol–water partition coefficient (Wildman–Crippen LogP) is 1.40. The number of amides is 1. The number of carbonyl (C=O) groups excluding carboxylic acids is 1. The van der Waals surface area contributed by atoms with Crippen molar-refractivity contribution in [3.63, 3.8) is 0 Å². The number of hydrogen-bond donors (Lipinski definition) is 1. The minimum Gasteiger partial charge on any atom is -0.354 e. The van der Waals surface area contributed by atoms with E-state index in [0.29, 0.717) is 5.92 Å². The van der Waals surface area contributed by atoms with Crippen molar-refractivity contribution in [3.05, 3.63) is 35.9 Å². The van der Waals surface area contributed by atoms with E-state index in [4.69, 9.17) is 0 Å². The number of nitrogens with one attached hydrogen (secondary N) is 1. The average molecular weight is 230 g/mol. The molecular formula is C14H18N2O. The normalized spacial score (nSPS) is 32.5. The Bertz CT molecular complexity index is 431. The molecule has 3 heteroatoms. The van der Waals surface area contributed by atoms with Crippen LogP contribution in [-0.2, 0) is 11.3 Å². The minimum atomic E-state index is -0.212. The van der Waals surface area contributed by atoms with Crippen molar-refractivity contribution in [1.82, 2.24) is 10.2 Å². The summed E-state index contributed by atoms with van der Waals surface area (Å²) in [4.78, 5) is 14.4. The van der Waals surface area contributed by atoms with Gasteiger partial charge in [0.25, 0.3) is 0 Å². The second-order valence-corrected chi connectivity index (χ2v) is 5.20. The Morgan fingerprint density at radius 3 is 2.76 bits per heavy atom. The summed E-state index contributed by atoms with van der Waals surface area (Å²) in [6, 6.07) is 10.4. The van der Waals surface area contributed by atoms with Gasteiger partial charge in [0.15, 0.2) is 0 Å². The lowest BCUT2D eigenvalue weighted by Gasteiger charge is -2.54. The van der Waals surface area contributed by atoms with Gasteiger partial charge in [0.2, 0.25) is 5.91 Å². The summed E-state index contributed by atoms with van der Waals surface area (Å²) in [5, 5.41) is 2.98. The molecular weight excluding hydrogens is 212 g/mol. The Morgan fingerprint density at radius 1 is 1.41 bits per heavy atom. The summed E-state index contributed by atoms with van der Waals surface area (Å²) in [6.07, 6.45) is 0.958. The van der Waals surface area contributed by atoms with Crippen molar-refractivity contribution in [1.29, 1.82) is 0 Å². The van der Waals surface area contributed by atoms with Crippen LogP contribution in [0.3, 0.4) is 0 Å². The molecule has 0 radical (unpaired) electrons. The van der Waals surface area contributed by atoms with Crippen molar-refractivity contribution in [2.24, 2.45) is 5.92 Å². The highest BCUT2D eigenvalue weighted by Gasteiger charge is 2.58. The number of nitrogens with zero attached hydrogens (tertiary/aromatic N) is 1. The topological polar surface area (TPSA) is 32.3 Å². The first-order valence-electron chi connectivity index (χ1n) is 6.31. The molecule has 0 aliphatic carbocycles. The van der Waals surface area contributed by atoms with E-state index in [9.17, 15) is 4.79 Å². The number of carbonyl (C=O) groups is 1. The van der Waals surface area contributed by atoms with Crippen molar-refractivity contribution >= 4 is 5.91 Å². The number of likely N-dealkylation sites (tertiary alicyclic amines) is 1. The Kier molecular flexibility index (Phi) is 2.44. The molecule has 2 heterocycles. The van der Waals surface area contributed by atoms with Gasteiger partial charge in [-0.2, -0.15) is 0 Å². The van der Waals surface area contributed by atoms with Gasteiger partial charge >= 0.3 is 0 Å². The Hall–Kier alpha value is -1.35. The van der Waals surface area contributed by atoms with E-state index in [1.165, 1.54) is 5.56 Å². The summed E-state index contributed by atoms with van der Waals surface area (Å²) < 4.78 is 0. The van der Waals surface area contributed by atoms with Crippen LogP contribution in [0.4, 0.5) is 0 Å². The molecule has 0 unspecified atom stereocenters. The van der Waals surface area contributed by atoms with Crippen molar-refractivity contribution in [2.75, 3.05) is 13.1 Å². The van der Waals surface area contributed by atoms with Crippen LogP contribution in [-0.4, -0.2) is 29.4 Å². The third kappa shape index (κ3) is 1.49. The van der Waals surface area contributed by atoms with Gasteiger partial charge in [-0.1, -0.05) is 37.3 Å². The molecule has 1 aromatic rings. The first-order valence-corrected chi connectivity index (χ1v) is 6.31. The van der Waals surface area contributed by atoms with Crippen LogP contribution in [0, 0.1) is 5.92 Å². The van der Waals surface area contributed by atoms with Gasteiger partial charge in [-0.3, -0.25) is 9.69 Å². The molecule has 2 atom stereocenters. The van der Waals surface area contributed by atoms with Crippen molar-refractivity contribution in [2.45, 2.75) is 25.4 Å². The van der Waals surface area contributed by atoms with Crippen LogP contribution < -0.4 is 5.32 Å². The smallest absolute Gasteiger partial charge is 0.240 e. The van der Waals surface area contributed by atoms with E-state index in [1.807, 2.05) is 6.07 Å². The second-order valence-electron chi connectivity index (χ2n) is 5.20. The molecule has 0 aromatic heterocycles. The zero-order chi connectivity index (χ0) is 11.9. The van der Waals surface area contributed by atoms with Crippen LogP contribution in [0.15, 0.2) is 30.3 Å². The summed E-state index contributed by atoms with van der Waals surface area (Å²) in [7, 11) is 0. The predicted molar refractivity (Wildman–Crippen MR) is 66.4 cm³/mol. The van der Waals surface area contributed by atoms with Gasteiger partial charge in [0.1, 0.15) is 5.54 Å². The highest BCUT2D eigenvalue weighted by atomic mass is 16.2. The first-order chi connectivity index (χ1) is 8.23. The molecule has 1 N–H and O–H groups in total. The Balaban J connectivity index is 1.79. The number of hydrogen-bond acceptors (Lipinski definition) is 2. The fraction of sp³-hybridized carbons (Fsp3) is 0.500. The largest absolute Gasteiger partial charge is 0.354 e. The zero-order valence-electron chi connectivity index (χ0n) is 10.1. The van der Waals surface area contributed by atoms with Crippen molar-refractivity contribution < 1.29 is 4.79 Å². The molecule has 3 nitrogen and oxygen atoms in total. The number of rotatable bonds is 2. The van der Waals surface area contributed by atoms with E-state index < -0.39 is 0 Å². The van der Waals surface area contributed by atoms with Gasteiger partial charge < -0.3 is 5.32 Å². The molecule has 0 saturated carbocycles. The van der Waals surface area contributed by atoms with Gasteiger partial charge in [-0.05, 0) is 17.9 Å². The summed E-state index contributed by atoms with van der Waals surface area (Å²) in [5.74, 6) is 0.709. The van der Waals surface area contributed by atoms with Crippen LogP contribution in [0.25, 0.3) is 0 Å². The molecule has 1 amide bonds. The molecule has 0 bridgehead atoms. The highest BCUT2D eigenvalue weighted by molar-refractivity contribution is 5.90. The first kappa shape index (κ1) is 10.8. The monoisotopic (exact) mass is 230 g/mol. The van der Waals surface area contributed by atoms with Crippen LogP contribution in [0.2, 0.25) is 0 Å². The lowest BCUT2D eigenvalue weighted by Crippen LogP contribution is -2.69. The lowest BCUT2D eigenvalue weighted by atomic mass is 9.73. The van der Waals surface area contributed by atoms with Gasteiger partial charge in [0.05, 0.1) is 0 Å². The maximum atomic E-state index is 12.0. The minimum absolute atomic E-state index is 0.212. The van der Waals surface area contributed by atoms with E-state index in [0.717, 1.165) is 26.1 Å². The average Bonchev–Trinajstić information content (AvgIpc) is 2.75. The van der Waals surface area contributed by atoms with Crippen LogP contribution in [0.5, 0.6) is 0 Å². The summed E-state index contributed by atoms with van der Waals surface area (Å²) in [6.45, 7) is 4.93.